The van der Waals surface area contributed by atoms with Crippen LogP contribution in [-0.4, -0.2) is 16.5 Å². The molecule has 2 rings (SSSR count). The number of rotatable bonds is 3. The number of H-pyrrole nitrogens is 1. The van der Waals surface area contributed by atoms with Crippen molar-refractivity contribution in [2.45, 2.75) is 17.8 Å². The average molecular weight is 285 g/mol. The summed E-state index contributed by atoms with van der Waals surface area (Å²) >= 11 is 1.48. The summed E-state index contributed by atoms with van der Waals surface area (Å²) in [6, 6.07) is 9.37. The third-order valence-electron chi connectivity index (χ3n) is 2.55. The Hall–Kier alpha value is -2.03. The highest BCUT2D eigenvalue weighted by Gasteiger charge is 2.03. The molecule has 1 aromatic heterocycles. The highest BCUT2D eigenvalue weighted by Crippen LogP contribution is 2.20. The zero-order valence-electron chi connectivity index (χ0n) is 11.1. The fraction of sp³-hybridized carbons (Fsp3) is 0.200. The summed E-state index contributed by atoms with van der Waals surface area (Å²) in [5, 5.41) is 0.622. The predicted molar refractivity (Wildman–Crippen MR) is 81.5 cm³/mol. The molecule has 0 radical (unpaired) electrons. The number of thioether (sulfide) groups is 1. The molecule has 0 fully saturated rings. The molecule has 0 unspecified atom stereocenters. The molecule has 1 aromatic carbocycles. The van der Waals surface area contributed by atoms with Crippen LogP contribution in [-0.2, 0) is 5.75 Å². The van der Waals surface area contributed by atoms with Crippen molar-refractivity contribution in [3.8, 4) is 11.8 Å². The van der Waals surface area contributed by atoms with E-state index in [0.29, 0.717) is 23.1 Å². The maximum atomic E-state index is 11.4. The Morgan fingerprint density at radius 1 is 1.40 bits per heavy atom. The van der Waals surface area contributed by atoms with Crippen molar-refractivity contribution in [3.05, 3.63) is 57.5 Å². The molecule has 0 atom stereocenters. The van der Waals surface area contributed by atoms with Crippen LogP contribution in [0.15, 0.2) is 40.3 Å². The van der Waals surface area contributed by atoms with E-state index in [0.717, 1.165) is 11.1 Å². The molecule has 0 amide bonds. The van der Waals surface area contributed by atoms with Gasteiger partial charge < -0.3 is 10.7 Å². The van der Waals surface area contributed by atoms with Gasteiger partial charge in [0.15, 0.2) is 5.16 Å². The molecule has 3 N–H and O–H groups in total. The molecule has 0 spiro atoms. The topological polar surface area (TPSA) is 71.8 Å². The van der Waals surface area contributed by atoms with Gasteiger partial charge in [-0.2, -0.15) is 0 Å². The van der Waals surface area contributed by atoms with E-state index in [1.54, 1.807) is 6.92 Å². The number of nitrogens with two attached hydrogens (primary N) is 1. The first-order valence-electron chi connectivity index (χ1n) is 6.16. The molecule has 20 heavy (non-hydrogen) atoms. The van der Waals surface area contributed by atoms with Crippen LogP contribution in [0.5, 0.6) is 0 Å². The first kappa shape index (κ1) is 14.4. The molecule has 2 aromatic rings. The van der Waals surface area contributed by atoms with Crippen LogP contribution >= 0.6 is 11.8 Å². The number of aromatic nitrogens is 2. The Kier molecular flexibility index (Phi) is 4.99. The first-order valence-corrected chi connectivity index (χ1v) is 7.15. The van der Waals surface area contributed by atoms with Crippen LogP contribution in [0.25, 0.3) is 0 Å². The lowest BCUT2D eigenvalue weighted by Crippen LogP contribution is -2.08. The van der Waals surface area contributed by atoms with Gasteiger partial charge in [-0.3, -0.25) is 4.79 Å². The Bertz CT molecular complexity index is 713. The summed E-state index contributed by atoms with van der Waals surface area (Å²) in [6.45, 7) is 2.15. The van der Waals surface area contributed by atoms with Crippen molar-refractivity contribution in [1.29, 1.82) is 0 Å². The summed E-state index contributed by atoms with van der Waals surface area (Å²) in [7, 11) is 0. The molecular weight excluding hydrogens is 270 g/mol. The van der Waals surface area contributed by atoms with Crippen molar-refractivity contribution >= 4 is 11.8 Å². The van der Waals surface area contributed by atoms with Crippen LogP contribution in [0.1, 0.15) is 16.8 Å². The van der Waals surface area contributed by atoms with Gasteiger partial charge in [-0.1, -0.05) is 41.8 Å². The highest BCUT2D eigenvalue weighted by atomic mass is 32.2. The quantitative estimate of drug-likeness (QED) is 0.511. The number of aryl methyl sites for hydroxylation is 1. The van der Waals surface area contributed by atoms with Gasteiger partial charge in [-0.15, -0.1) is 0 Å². The molecule has 0 aliphatic heterocycles. The Balaban J connectivity index is 2.16. The fourth-order valence-electron chi connectivity index (χ4n) is 1.68. The van der Waals surface area contributed by atoms with Gasteiger partial charge in [0, 0.05) is 23.1 Å². The number of hydrogen-bond donors (Lipinski definition) is 2. The molecule has 0 aliphatic carbocycles. The second-order valence-electron chi connectivity index (χ2n) is 4.14. The largest absolute Gasteiger partial charge is 0.320 e. The maximum Gasteiger partial charge on any atom is 0.251 e. The average Bonchev–Trinajstić information content (AvgIpc) is 2.43. The molecule has 0 bridgehead atoms. The highest BCUT2D eigenvalue weighted by molar-refractivity contribution is 7.98. The van der Waals surface area contributed by atoms with E-state index in [2.05, 4.69) is 21.8 Å². The molecule has 4 nitrogen and oxygen atoms in total. The molecule has 0 saturated carbocycles. The number of aromatic amines is 1. The van der Waals surface area contributed by atoms with Gasteiger partial charge in [0.25, 0.3) is 5.56 Å². The van der Waals surface area contributed by atoms with Gasteiger partial charge >= 0.3 is 0 Å². The maximum absolute atomic E-state index is 11.4. The number of nitrogens with zero attached hydrogens (tertiary/aromatic N) is 1. The number of hydrogen-bond acceptors (Lipinski definition) is 4. The zero-order chi connectivity index (χ0) is 14.4. The van der Waals surface area contributed by atoms with E-state index in [9.17, 15) is 4.79 Å². The Labute approximate surface area is 121 Å². The lowest BCUT2D eigenvalue weighted by molar-refractivity contribution is 0.905. The van der Waals surface area contributed by atoms with Crippen molar-refractivity contribution < 1.29 is 0 Å². The van der Waals surface area contributed by atoms with Crippen molar-refractivity contribution in [2.75, 3.05) is 6.54 Å². The summed E-state index contributed by atoms with van der Waals surface area (Å²) in [5.74, 6) is 6.60. The third-order valence-corrected chi connectivity index (χ3v) is 3.48. The van der Waals surface area contributed by atoms with Gasteiger partial charge in [0.1, 0.15) is 0 Å². The molecular formula is C15H15N3OS. The van der Waals surface area contributed by atoms with Gasteiger partial charge in [-0.25, -0.2) is 4.98 Å². The second kappa shape index (κ2) is 6.94. The molecule has 102 valence electrons. The van der Waals surface area contributed by atoms with Crippen LogP contribution < -0.4 is 11.3 Å². The van der Waals surface area contributed by atoms with Crippen LogP contribution in [0.2, 0.25) is 0 Å². The fourth-order valence-corrected chi connectivity index (χ4v) is 2.61. The summed E-state index contributed by atoms with van der Waals surface area (Å²) in [5.41, 5.74) is 8.04. The van der Waals surface area contributed by atoms with E-state index in [1.165, 1.54) is 17.8 Å². The van der Waals surface area contributed by atoms with Crippen LogP contribution in [0, 0.1) is 18.8 Å². The monoisotopic (exact) mass is 285 g/mol. The van der Waals surface area contributed by atoms with Gasteiger partial charge in [0.2, 0.25) is 0 Å². The molecule has 0 saturated heterocycles. The van der Waals surface area contributed by atoms with E-state index in [1.807, 2.05) is 24.3 Å². The minimum atomic E-state index is -0.129. The second-order valence-corrected chi connectivity index (χ2v) is 5.11. The van der Waals surface area contributed by atoms with Crippen molar-refractivity contribution in [3.63, 3.8) is 0 Å². The zero-order valence-corrected chi connectivity index (χ0v) is 12.0. The first-order chi connectivity index (χ1) is 9.69. The molecule has 5 heteroatoms. The Morgan fingerprint density at radius 2 is 2.20 bits per heavy atom. The SMILES string of the molecule is Cc1cc(=O)[nH]c(SCc2ccccc2C#CCN)n1. The van der Waals surface area contributed by atoms with Crippen molar-refractivity contribution in [1.82, 2.24) is 9.97 Å². The Morgan fingerprint density at radius 3 is 2.95 bits per heavy atom. The van der Waals surface area contributed by atoms with Crippen LogP contribution in [0.4, 0.5) is 0 Å². The smallest absolute Gasteiger partial charge is 0.251 e. The van der Waals surface area contributed by atoms with Crippen LogP contribution in [0.3, 0.4) is 0 Å². The number of benzene rings is 1. The van der Waals surface area contributed by atoms with E-state index in [4.69, 9.17) is 5.73 Å². The lowest BCUT2D eigenvalue weighted by Gasteiger charge is -2.04. The van der Waals surface area contributed by atoms with Crippen molar-refractivity contribution in [2.24, 2.45) is 5.73 Å². The predicted octanol–water partition coefficient (Wildman–Crippen LogP) is 1.68. The minimum absolute atomic E-state index is 0.129. The minimum Gasteiger partial charge on any atom is -0.320 e. The summed E-state index contributed by atoms with van der Waals surface area (Å²) < 4.78 is 0. The van der Waals surface area contributed by atoms with Gasteiger partial charge in [-0.05, 0) is 18.6 Å². The normalized spacial score (nSPS) is 9.90. The van der Waals surface area contributed by atoms with E-state index in [-0.39, 0.29) is 5.56 Å². The third kappa shape index (κ3) is 3.98. The number of nitrogens with one attached hydrogen (secondary N) is 1. The standard InChI is InChI=1S/C15H15N3OS/c1-11-9-14(19)18-15(17-11)20-10-13-6-3-2-5-12(13)7-4-8-16/h2-3,5-6,9H,8,10,16H2,1H3,(H,17,18,19). The van der Waals surface area contributed by atoms with E-state index < -0.39 is 0 Å². The van der Waals surface area contributed by atoms with E-state index >= 15 is 0 Å². The molecule has 0 aliphatic rings. The lowest BCUT2D eigenvalue weighted by atomic mass is 10.1. The molecule has 1 heterocycles. The summed E-state index contributed by atoms with van der Waals surface area (Å²) in [6.07, 6.45) is 0. The van der Waals surface area contributed by atoms with Gasteiger partial charge in [0.05, 0.1) is 6.54 Å². The summed E-state index contributed by atoms with van der Waals surface area (Å²) in [4.78, 5) is 18.4.